The summed E-state index contributed by atoms with van der Waals surface area (Å²) >= 11 is 17.8. The molecule has 6 heteroatoms. The molecule has 0 spiro atoms. The molecule has 1 heterocycles. The minimum atomic E-state index is 0.111. The molecule has 0 bridgehead atoms. The van der Waals surface area contributed by atoms with Crippen molar-refractivity contribution in [3.8, 4) is 17.7 Å². The molecule has 0 aliphatic heterocycles. The Morgan fingerprint density at radius 1 is 1.17 bits per heavy atom. The summed E-state index contributed by atoms with van der Waals surface area (Å²) in [7, 11) is 0. The largest absolute Gasteiger partial charge is 0.436 e. The van der Waals surface area contributed by atoms with Crippen LogP contribution in [0.4, 0.5) is 0 Å². The second kappa shape index (κ2) is 5.45. The summed E-state index contributed by atoms with van der Waals surface area (Å²) < 4.78 is 5.45. The van der Waals surface area contributed by atoms with Crippen LogP contribution in [0.1, 0.15) is 5.56 Å². The van der Waals surface area contributed by atoms with E-state index in [9.17, 15) is 0 Å². The fraction of sp³-hybridized carbons (Fsp3) is 0. The van der Waals surface area contributed by atoms with E-state index < -0.39 is 0 Å². The summed E-state index contributed by atoms with van der Waals surface area (Å²) in [5.74, 6) is 0.438. The van der Waals surface area contributed by atoms with E-state index in [4.69, 9.17) is 44.8 Å². The predicted molar refractivity (Wildman–Crippen MR) is 70.5 cm³/mol. The Morgan fingerprint density at radius 2 is 1.94 bits per heavy atom. The highest BCUT2D eigenvalue weighted by Gasteiger charge is 2.11. The van der Waals surface area contributed by atoms with Gasteiger partial charge in [0.1, 0.15) is 16.8 Å². The Bertz CT molecular complexity index is 638. The van der Waals surface area contributed by atoms with E-state index in [0.717, 1.165) is 0 Å². The molecule has 0 amide bonds. The molecule has 0 atom stereocenters. The quantitative estimate of drug-likeness (QED) is 0.807. The van der Waals surface area contributed by atoms with Gasteiger partial charge in [0.15, 0.2) is 0 Å². The van der Waals surface area contributed by atoms with Gasteiger partial charge in [-0.2, -0.15) is 5.26 Å². The highest BCUT2D eigenvalue weighted by atomic mass is 35.5. The lowest BCUT2D eigenvalue weighted by molar-refractivity contribution is 0.463. The molecular weight excluding hydrogens is 295 g/mol. The van der Waals surface area contributed by atoms with Gasteiger partial charge in [0.05, 0.1) is 10.6 Å². The first-order chi connectivity index (χ1) is 8.61. The van der Waals surface area contributed by atoms with E-state index in [1.165, 1.54) is 12.3 Å². The number of pyridine rings is 1. The van der Waals surface area contributed by atoms with E-state index in [1.807, 2.05) is 6.07 Å². The molecular formula is C12H5Cl3N2O. The first kappa shape index (κ1) is 13.0. The number of rotatable bonds is 2. The van der Waals surface area contributed by atoms with Crippen LogP contribution < -0.4 is 4.74 Å². The predicted octanol–water partition coefficient (Wildman–Crippen LogP) is 4.71. The maximum absolute atomic E-state index is 8.84. The van der Waals surface area contributed by atoms with Crippen molar-refractivity contribution in [1.82, 2.24) is 4.98 Å². The van der Waals surface area contributed by atoms with Crippen LogP contribution in [0.5, 0.6) is 11.6 Å². The SMILES string of the molecule is N#Cc1ccnc(Oc2cc(Cl)ccc2Cl)c1Cl. The van der Waals surface area contributed by atoms with Gasteiger partial charge in [-0.25, -0.2) is 4.98 Å². The zero-order valence-electron chi connectivity index (χ0n) is 8.82. The number of nitriles is 1. The Kier molecular flexibility index (Phi) is 3.93. The van der Waals surface area contributed by atoms with Crippen LogP contribution in [0.15, 0.2) is 30.5 Å². The Balaban J connectivity index is 2.41. The van der Waals surface area contributed by atoms with Crippen LogP contribution in [0.25, 0.3) is 0 Å². The van der Waals surface area contributed by atoms with Gasteiger partial charge in [-0.3, -0.25) is 0 Å². The van der Waals surface area contributed by atoms with Gasteiger partial charge >= 0.3 is 0 Å². The monoisotopic (exact) mass is 298 g/mol. The fourth-order valence-electron chi connectivity index (χ4n) is 1.24. The first-order valence-corrected chi connectivity index (χ1v) is 5.92. The molecule has 0 aliphatic carbocycles. The summed E-state index contributed by atoms with van der Waals surface area (Å²) in [6, 6.07) is 8.21. The molecule has 0 fully saturated rings. The summed E-state index contributed by atoms with van der Waals surface area (Å²) in [5, 5.41) is 9.83. The van der Waals surface area contributed by atoms with Crippen molar-refractivity contribution in [2.75, 3.05) is 0 Å². The molecule has 3 nitrogen and oxygen atoms in total. The van der Waals surface area contributed by atoms with Crippen LogP contribution in [0.3, 0.4) is 0 Å². The normalized spacial score (nSPS) is 9.89. The average Bonchev–Trinajstić information content (AvgIpc) is 2.36. The molecule has 1 aromatic heterocycles. The smallest absolute Gasteiger partial charge is 0.239 e. The van der Waals surface area contributed by atoms with Gasteiger partial charge in [-0.05, 0) is 18.2 Å². The third kappa shape index (κ3) is 2.68. The van der Waals surface area contributed by atoms with Gasteiger partial charge in [0.2, 0.25) is 5.88 Å². The number of aromatic nitrogens is 1. The molecule has 18 heavy (non-hydrogen) atoms. The van der Waals surface area contributed by atoms with Gasteiger partial charge in [0, 0.05) is 17.3 Å². The summed E-state index contributed by atoms with van der Waals surface area (Å²) in [5.41, 5.74) is 0.278. The van der Waals surface area contributed by atoms with Gasteiger partial charge in [-0.15, -0.1) is 0 Å². The van der Waals surface area contributed by atoms with E-state index >= 15 is 0 Å². The maximum atomic E-state index is 8.84. The third-order valence-corrected chi connectivity index (χ3v) is 2.99. The topological polar surface area (TPSA) is 45.9 Å². The lowest BCUT2D eigenvalue weighted by Crippen LogP contribution is -1.91. The van der Waals surface area contributed by atoms with Crippen molar-refractivity contribution in [1.29, 1.82) is 5.26 Å². The number of benzene rings is 1. The highest BCUT2D eigenvalue weighted by Crippen LogP contribution is 2.34. The molecule has 0 aliphatic rings. The van der Waals surface area contributed by atoms with Crippen LogP contribution in [0, 0.1) is 11.3 Å². The first-order valence-electron chi connectivity index (χ1n) is 4.79. The maximum Gasteiger partial charge on any atom is 0.239 e. The number of hydrogen-bond acceptors (Lipinski definition) is 3. The standard InChI is InChI=1S/C12H5Cl3N2O/c13-8-1-2-9(14)10(5-8)18-12-11(15)7(6-16)3-4-17-12/h1-5H. The van der Waals surface area contributed by atoms with Crippen molar-refractivity contribution in [3.05, 3.63) is 51.1 Å². The van der Waals surface area contributed by atoms with Gasteiger partial charge < -0.3 is 4.74 Å². The van der Waals surface area contributed by atoms with Gasteiger partial charge in [-0.1, -0.05) is 34.8 Å². The third-order valence-electron chi connectivity index (χ3n) is 2.08. The second-order valence-electron chi connectivity index (χ2n) is 3.27. The number of nitrogens with zero attached hydrogens (tertiary/aromatic N) is 2. The molecule has 0 saturated carbocycles. The lowest BCUT2D eigenvalue weighted by atomic mass is 10.3. The Morgan fingerprint density at radius 3 is 2.67 bits per heavy atom. The van der Waals surface area contributed by atoms with Crippen molar-refractivity contribution in [2.45, 2.75) is 0 Å². The molecule has 2 rings (SSSR count). The second-order valence-corrected chi connectivity index (χ2v) is 4.49. The van der Waals surface area contributed by atoms with Crippen molar-refractivity contribution in [2.24, 2.45) is 0 Å². The van der Waals surface area contributed by atoms with E-state index in [2.05, 4.69) is 4.98 Å². The lowest BCUT2D eigenvalue weighted by Gasteiger charge is -2.08. The van der Waals surface area contributed by atoms with Crippen LogP contribution >= 0.6 is 34.8 Å². The number of hydrogen-bond donors (Lipinski definition) is 0. The fourth-order valence-corrected chi connectivity index (χ4v) is 1.75. The van der Waals surface area contributed by atoms with Crippen molar-refractivity contribution < 1.29 is 4.74 Å². The molecule has 2 aromatic rings. The van der Waals surface area contributed by atoms with E-state index in [1.54, 1.807) is 18.2 Å². The summed E-state index contributed by atoms with van der Waals surface area (Å²) in [6.07, 6.45) is 1.43. The van der Waals surface area contributed by atoms with Crippen molar-refractivity contribution >= 4 is 34.8 Å². The molecule has 1 aromatic carbocycles. The molecule has 0 unspecified atom stereocenters. The van der Waals surface area contributed by atoms with E-state index in [-0.39, 0.29) is 16.5 Å². The average molecular weight is 300 g/mol. The van der Waals surface area contributed by atoms with Gasteiger partial charge in [0.25, 0.3) is 0 Å². The minimum Gasteiger partial charge on any atom is -0.436 e. The van der Waals surface area contributed by atoms with Crippen LogP contribution in [-0.4, -0.2) is 4.98 Å². The van der Waals surface area contributed by atoms with Crippen molar-refractivity contribution in [3.63, 3.8) is 0 Å². The Labute approximate surface area is 118 Å². The summed E-state index contributed by atoms with van der Waals surface area (Å²) in [4.78, 5) is 3.95. The number of ether oxygens (including phenoxy) is 1. The van der Waals surface area contributed by atoms with E-state index in [0.29, 0.717) is 15.8 Å². The zero-order chi connectivity index (χ0) is 13.1. The summed E-state index contributed by atoms with van der Waals surface area (Å²) in [6.45, 7) is 0. The molecule has 0 radical (unpaired) electrons. The van der Waals surface area contributed by atoms with Crippen LogP contribution in [-0.2, 0) is 0 Å². The number of halogens is 3. The molecule has 0 N–H and O–H groups in total. The highest BCUT2D eigenvalue weighted by molar-refractivity contribution is 6.34. The minimum absolute atomic E-state index is 0.111. The van der Waals surface area contributed by atoms with Crippen LogP contribution in [0.2, 0.25) is 15.1 Å². The zero-order valence-corrected chi connectivity index (χ0v) is 11.1. The Hall–Kier alpha value is -1.47. The molecule has 90 valence electrons. The molecule has 0 saturated heterocycles.